The van der Waals surface area contributed by atoms with E-state index in [1.807, 2.05) is 6.92 Å². The molecule has 1 aliphatic heterocycles. The number of aliphatic carboxylic acids is 1. The summed E-state index contributed by atoms with van der Waals surface area (Å²) in [6, 6.07) is -0.976. The molecule has 0 aromatic heterocycles. The maximum absolute atomic E-state index is 12.2. The van der Waals surface area contributed by atoms with Crippen molar-refractivity contribution < 1.29 is 23.1 Å². The smallest absolute Gasteiger partial charge is 0.322 e. The second-order valence-corrected chi connectivity index (χ2v) is 7.19. The van der Waals surface area contributed by atoms with E-state index in [2.05, 4.69) is 4.72 Å². The number of ether oxygens (including phenoxy) is 1. The average molecular weight is 308 g/mol. The summed E-state index contributed by atoms with van der Waals surface area (Å²) in [7, 11) is -3.81. The summed E-state index contributed by atoms with van der Waals surface area (Å²) in [6.45, 7) is 6.22. The fourth-order valence-electron chi connectivity index (χ4n) is 2.23. The molecule has 0 spiro atoms. The molecule has 1 rings (SSSR count). The van der Waals surface area contributed by atoms with Crippen molar-refractivity contribution in [3.8, 4) is 0 Å². The summed E-state index contributed by atoms with van der Waals surface area (Å²) >= 11 is 0. The van der Waals surface area contributed by atoms with Crippen LogP contribution in [0, 0.1) is 0 Å². The highest BCUT2D eigenvalue weighted by molar-refractivity contribution is 7.87. The number of carboxylic acid groups (broad SMARTS) is 1. The summed E-state index contributed by atoms with van der Waals surface area (Å²) in [5.74, 6) is -1.10. The predicted molar refractivity (Wildman–Crippen MR) is 74.6 cm³/mol. The van der Waals surface area contributed by atoms with Crippen molar-refractivity contribution in [2.45, 2.75) is 51.7 Å². The van der Waals surface area contributed by atoms with Crippen molar-refractivity contribution in [2.75, 3.05) is 19.7 Å². The maximum Gasteiger partial charge on any atom is 0.322 e. The van der Waals surface area contributed by atoms with Crippen molar-refractivity contribution >= 4 is 16.2 Å². The molecular formula is C12H24N2O5S. The second kappa shape index (κ2) is 6.84. The topological polar surface area (TPSA) is 95.9 Å². The molecule has 118 valence electrons. The number of hydrogen-bond acceptors (Lipinski definition) is 4. The number of hydrogen-bond donors (Lipinski definition) is 2. The van der Waals surface area contributed by atoms with Crippen LogP contribution in [0.2, 0.25) is 0 Å². The summed E-state index contributed by atoms with van der Waals surface area (Å²) in [4.78, 5) is 11.2. The lowest BCUT2D eigenvalue weighted by Crippen LogP contribution is -2.54. The van der Waals surface area contributed by atoms with Crippen LogP contribution in [0.25, 0.3) is 0 Å². The van der Waals surface area contributed by atoms with Gasteiger partial charge in [-0.2, -0.15) is 17.4 Å². The van der Waals surface area contributed by atoms with Crippen molar-refractivity contribution in [1.29, 1.82) is 0 Å². The molecule has 1 aliphatic rings. The minimum Gasteiger partial charge on any atom is -0.480 e. The second-order valence-electron chi connectivity index (χ2n) is 5.48. The minimum atomic E-state index is -3.81. The molecule has 8 heteroatoms. The molecule has 0 radical (unpaired) electrons. The molecule has 0 aromatic rings. The van der Waals surface area contributed by atoms with Crippen LogP contribution in [0.1, 0.15) is 40.0 Å². The maximum atomic E-state index is 12.2. The third kappa shape index (κ3) is 4.69. The van der Waals surface area contributed by atoms with Gasteiger partial charge in [0, 0.05) is 19.7 Å². The molecule has 0 aromatic carbocycles. The highest BCUT2D eigenvalue weighted by atomic mass is 32.2. The average Bonchev–Trinajstić information content (AvgIpc) is 2.37. The van der Waals surface area contributed by atoms with Gasteiger partial charge in [0.05, 0.1) is 5.60 Å². The Morgan fingerprint density at radius 2 is 2.10 bits per heavy atom. The zero-order valence-corrected chi connectivity index (χ0v) is 13.1. The number of nitrogens with zero attached hydrogens (tertiary/aromatic N) is 1. The Hall–Kier alpha value is -0.700. The van der Waals surface area contributed by atoms with E-state index >= 15 is 0 Å². The van der Waals surface area contributed by atoms with E-state index in [0.717, 1.165) is 10.7 Å². The molecule has 0 saturated carbocycles. The largest absolute Gasteiger partial charge is 0.480 e. The van der Waals surface area contributed by atoms with Gasteiger partial charge in [0.25, 0.3) is 10.2 Å². The Bertz CT molecular complexity index is 435. The van der Waals surface area contributed by atoms with Gasteiger partial charge in [-0.05, 0) is 40.0 Å². The molecule has 1 atom stereocenters. The van der Waals surface area contributed by atoms with Crippen LogP contribution in [0.3, 0.4) is 0 Å². The summed E-state index contributed by atoms with van der Waals surface area (Å²) in [5, 5.41) is 9.13. The van der Waals surface area contributed by atoms with Crippen LogP contribution >= 0.6 is 0 Å². The Labute approximate surface area is 120 Å². The molecule has 1 fully saturated rings. The molecule has 1 unspecified atom stereocenters. The van der Waals surface area contributed by atoms with Crippen LogP contribution in [-0.2, 0) is 19.7 Å². The van der Waals surface area contributed by atoms with E-state index in [9.17, 15) is 13.2 Å². The van der Waals surface area contributed by atoms with Crippen LogP contribution < -0.4 is 4.72 Å². The summed E-state index contributed by atoms with van der Waals surface area (Å²) < 4.78 is 33.4. The van der Waals surface area contributed by atoms with Crippen molar-refractivity contribution in [1.82, 2.24) is 9.03 Å². The summed E-state index contributed by atoms with van der Waals surface area (Å²) in [6.07, 6.45) is 1.76. The molecule has 0 bridgehead atoms. The lowest BCUT2D eigenvalue weighted by atomic mass is 10.1. The van der Waals surface area contributed by atoms with Gasteiger partial charge in [-0.25, -0.2) is 0 Å². The normalized spacial score (nSPS) is 21.9. The third-order valence-corrected chi connectivity index (χ3v) is 4.83. The number of nitrogens with one attached hydrogen (secondary N) is 1. The van der Waals surface area contributed by atoms with Gasteiger partial charge in [0.1, 0.15) is 6.04 Å². The van der Waals surface area contributed by atoms with Crippen LogP contribution in [0.5, 0.6) is 0 Å². The van der Waals surface area contributed by atoms with Gasteiger partial charge < -0.3 is 9.84 Å². The molecule has 2 N–H and O–H groups in total. The number of carboxylic acids is 1. The Morgan fingerprint density at radius 3 is 2.65 bits per heavy atom. The molecule has 1 saturated heterocycles. The molecule has 0 amide bonds. The van der Waals surface area contributed by atoms with Gasteiger partial charge in [-0.3, -0.25) is 4.79 Å². The zero-order chi connectivity index (χ0) is 15.4. The van der Waals surface area contributed by atoms with E-state index in [4.69, 9.17) is 9.84 Å². The molecule has 7 nitrogen and oxygen atoms in total. The third-order valence-electron chi connectivity index (χ3n) is 3.26. The SMILES string of the molecule is CCOC(C)(C)CNS(=O)(=O)N1CCCCC1C(=O)O. The van der Waals surface area contributed by atoms with E-state index in [1.165, 1.54) is 0 Å². The molecule has 0 aliphatic carbocycles. The van der Waals surface area contributed by atoms with Gasteiger partial charge in [0.15, 0.2) is 0 Å². The number of rotatable bonds is 7. The lowest BCUT2D eigenvalue weighted by Gasteiger charge is -2.33. The van der Waals surface area contributed by atoms with Crippen molar-refractivity contribution in [2.24, 2.45) is 0 Å². The van der Waals surface area contributed by atoms with Gasteiger partial charge in [-0.15, -0.1) is 0 Å². The Morgan fingerprint density at radius 1 is 1.45 bits per heavy atom. The minimum absolute atomic E-state index is 0.103. The molecule has 20 heavy (non-hydrogen) atoms. The van der Waals surface area contributed by atoms with E-state index in [1.54, 1.807) is 13.8 Å². The van der Waals surface area contributed by atoms with E-state index in [-0.39, 0.29) is 13.1 Å². The van der Waals surface area contributed by atoms with Gasteiger partial charge in [0.2, 0.25) is 0 Å². The van der Waals surface area contributed by atoms with Crippen molar-refractivity contribution in [3.05, 3.63) is 0 Å². The molecular weight excluding hydrogens is 284 g/mol. The van der Waals surface area contributed by atoms with E-state index in [0.29, 0.717) is 19.4 Å². The van der Waals surface area contributed by atoms with Crippen molar-refractivity contribution in [3.63, 3.8) is 0 Å². The number of carbonyl (C=O) groups is 1. The standard InChI is InChI=1S/C12H24N2O5S/c1-4-19-12(2,3)9-13-20(17,18)14-8-6-5-7-10(14)11(15)16/h10,13H,4-9H2,1-3H3,(H,15,16). The Kier molecular flexibility index (Phi) is 5.93. The predicted octanol–water partition coefficient (Wildman–Crippen LogP) is 0.575. The first kappa shape index (κ1) is 17.4. The van der Waals surface area contributed by atoms with E-state index < -0.39 is 27.8 Å². The fourth-order valence-corrected chi connectivity index (χ4v) is 3.83. The van der Waals surface area contributed by atoms with Crippen LogP contribution in [0.15, 0.2) is 0 Å². The monoisotopic (exact) mass is 308 g/mol. The first-order chi connectivity index (χ1) is 9.19. The summed E-state index contributed by atoms with van der Waals surface area (Å²) in [5.41, 5.74) is -0.629. The highest BCUT2D eigenvalue weighted by Crippen LogP contribution is 2.20. The first-order valence-corrected chi connectivity index (χ1v) is 8.27. The molecule has 1 heterocycles. The van der Waals surface area contributed by atoms with Gasteiger partial charge >= 0.3 is 5.97 Å². The Balaban J connectivity index is 2.74. The lowest BCUT2D eigenvalue weighted by molar-refractivity contribution is -0.142. The van der Waals surface area contributed by atoms with Crippen LogP contribution in [0.4, 0.5) is 0 Å². The zero-order valence-electron chi connectivity index (χ0n) is 12.3. The quantitative estimate of drug-likeness (QED) is 0.717. The fraction of sp³-hybridized carbons (Fsp3) is 0.917. The van der Waals surface area contributed by atoms with Gasteiger partial charge in [-0.1, -0.05) is 0 Å². The van der Waals surface area contributed by atoms with Crippen LogP contribution in [-0.4, -0.2) is 55.1 Å². The highest BCUT2D eigenvalue weighted by Gasteiger charge is 2.37. The number of piperidine rings is 1. The first-order valence-electron chi connectivity index (χ1n) is 6.83.